The maximum absolute atomic E-state index is 11.4. The van der Waals surface area contributed by atoms with Crippen LogP contribution in [0.4, 0.5) is 0 Å². The Balaban J connectivity index is 0. The van der Waals surface area contributed by atoms with E-state index in [1.54, 1.807) is 27.7 Å². The van der Waals surface area contributed by atoms with Gasteiger partial charge in [0, 0.05) is 12.8 Å². The van der Waals surface area contributed by atoms with Crippen molar-refractivity contribution in [2.24, 2.45) is 0 Å². The standard InChI is InChI=1S/C11H23NO4Si.C9H16O4/c1-6-15-10(13)8-12(17(3,4)5)9-11(14)16-7-2;1-3-12-8(10)6-5-7-9(11)13-4-2/h6-9H2,1-5H3;3-7H2,1-2H3. The maximum Gasteiger partial charge on any atom is 0.319 e. The van der Waals surface area contributed by atoms with Crippen LogP contribution < -0.4 is 0 Å². The topological polar surface area (TPSA) is 108 Å². The molecule has 9 nitrogen and oxygen atoms in total. The zero-order valence-corrected chi connectivity index (χ0v) is 20.6. The first-order valence-electron chi connectivity index (χ1n) is 10.4. The molecule has 0 atom stereocenters. The molecule has 0 fully saturated rings. The molecule has 0 heterocycles. The van der Waals surface area contributed by atoms with Gasteiger partial charge in [0.15, 0.2) is 0 Å². The van der Waals surface area contributed by atoms with Gasteiger partial charge in [0.2, 0.25) is 0 Å². The molecule has 30 heavy (non-hydrogen) atoms. The Labute approximate surface area is 181 Å². The van der Waals surface area contributed by atoms with Crippen molar-refractivity contribution in [3.8, 4) is 0 Å². The normalized spacial score (nSPS) is 10.5. The fourth-order valence-corrected chi connectivity index (χ4v) is 3.31. The van der Waals surface area contributed by atoms with Crippen molar-refractivity contribution < 1.29 is 38.1 Å². The summed E-state index contributed by atoms with van der Waals surface area (Å²) in [5, 5.41) is 0. The van der Waals surface area contributed by atoms with Gasteiger partial charge in [-0.2, -0.15) is 0 Å². The van der Waals surface area contributed by atoms with Crippen molar-refractivity contribution in [1.82, 2.24) is 4.57 Å². The number of nitrogens with zero attached hydrogens (tertiary/aromatic N) is 1. The van der Waals surface area contributed by atoms with Crippen molar-refractivity contribution in [2.75, 3.05) is 39.5 Å². The molecule has 0 amide bonds. The average molecular weight is 450 g/mol. The zero-order valence-electron chi connectivity index (χ0n) is 19.6. The van der Waals surface area contributed by atoms with Crippen LogP contribution in [-0.2, 0) is 38.1 Å². The minimum absolute atomic E-state index is 0.155. The number of esters is 4. The van der Waals surface area contributed by atoms with E-state index in [0.29, 0.717) is 32.8 Å². The van der Waals surface area contributed by atoms with Crippen LogP contribution in [0.3, 0.4) is 0 Å². The van der Waals surface area contributed by atoms with Gasteiger partial charge in [-0.05, 0) is 34.1 Å². The third-order valence-corrected chi connectivity index (χ3v) is 5.79. The van der Waals surface area contributed by atoms with Crippen molar-refractivity contribution in [3.05, 3.63) is 0 Å². The first-order valence-corrected chi connectivity index (χ1v) is 13.8. The Kier molecular flexibility index (Phi) is 18.0. The van der Waals surface area contributed by atoms with Crippen LogP contribution in [0.15, 0.2) is 0 Å². The van der Waals surface area contributed by atoms with E-state index >= 15 is 0 Å². The third-order valence-electron chi connectivity index (χ3n) is 3.57. The van der Waals surface area contributed by atoms with Gasteiger partial charge in [-0.25, -0.2) is 0 Å². The Morgan fingerprint density at radius 2 is 0.900 bits per heavy atom. The van der Waals surface area contributed by atoms with E-state index in [2.05, 4.69) is 19.6 Å². The first kappa shape index (κ1) is 30.3. The van der Waals surface area contributed by atoms with E-state index in [9.17, 15) is 19.2 Å². The van der Waals surface area contributed by atoms with Crippen LogP contribution in [0.2, 0.25) is 19.6 Å². The first-order chi connectivity index (χ1) is 14.0. The smallest absolute Gasteiger partial charge is 0.319 e. The summed E-state index contributed by atoms with van der Waals surface area (Å²) in [7, 11) is -1.74. The molecule has 0 saturated heterocycles. The second-order valence-corrected chi connectivity index (χ2v) is 12.1. The van der Waals surface area contributed by atoms with Gasteiger partial charge in [-0.1, -0.05) is 19.6 Å². The van der Waals surface area contributed by atoms with Crippen molar-refractivity contribution in [2.45, 2.75) is 66.6 Å². The number of ether oxygens (including phenoxy) is 4. The molecule has 0 rings (SSSR count). The van der Waals surface area contributed by atoms with Crippen LogP contribution in [0.5, 0.6) is 0 Å². The summed E-state index contributed by atoms with van der Waals surface area (Å²) in [6, 6.07) is 0. The van der Waals surface area contributed by atoms with Gasteiger partial charge in [-0.15, -0.1) is 0 Å². The molecule has 0 N–H and O–H groups in total. The molecular weight excluding hydrogens is 410 g/mol. The lowest BCUT2D eigenvalue weighted by Gasteiger charge is -2.32. The molecule has 0 aromatic heterocycles. The summed E-state index contributed by atoms with van der Waals surface area (Å²) < 4.78 is 21.1. The molecule has 0 saturated carbocycles. The number of carbonyl (C=O) groups is 4. The van der Waals surface area contributed by atoms with Crippen LogP contribution >= 0.6 is 0 Å². The third kappa shape index (κ3) is 18.1. The van der Waals surface area contributed by atoms with Crippen molar-refractivity contribution in [3.63, 3.8) is 0 Å². The lowest BCUT2D eigenvalue weighted by molar-refractivity contribution is -0.147. The van der Waals surface area contributed by atoms with E-state index in [-0.39, 0.29) is 49.8 Å². The van der Waals surface area contributed by atoms with E-state index in [1.165, 1.54) is 0 Å². The van der Waals surface area contributed by atoms with Gasteiger partial charge >= 0.3 is 23.9 Å². The minimum atomic E-state index is -1.74. The SMILES string of the molecule is CCOC(=O)CCCC(=O)OCC.CCOC(=O)CN(CC(=O)OCC)[Si](C)(C)C. The summed E-state index contributed by atoms with van der Waals surface area (Å²) in [4.78, 5) is 44.5. The number of rotatable bonds is 13. The lowest BCUT2D eigenvalue weighted by Crippen LogP contribution is -2.51. The monoisotopic (exact) mass is 449 g/mol. The second kappa shape index (κ2) is 17.9. The fourth-order valence-electron chi connectivity index (χ4n) is 2.10. The number of hydrogen-bond acceptors (Lipinski definition) is 9. The average Bonchev–Trinajstić information content (AvgIpc) is 2.62. The molecule has 0 spiro atoms. The number of hydrogen-bond donors (Lipinski definition) is 0. The van der Waals surface area contributed by atoms with Crippen LogP contribution in [0, 0.1) is 0 Å². The molecule has 0 unspecified atom stereocenters. The Hall–Kier alpha value is -1.94. The maximum atomic E-state index is 11.4. The van der Waals surface area contributed by atoms with Crippen LogP contribution in [-0.4, -0.2) is 76.2 Å². The quantitative estimate of drug-likeness (QED) is 0.238. The molecular formula is C20H39NO8Si. The molecule has 0 radical (unpaired) electrons. The van der Waals surface area contributed by atoms with Gasteiger partial charge < -0.3 is 23.5 Å². The Morgan fingerprint density at radius 3 is 1.17 bits per heavy atom. The van der Waals surface area contributed by atoms with Crippen LogP contribution in [0.1, 0.15) is 47.0 Å². The molecule has 10 heteroatoms. The summed E-state index contributed by atoms with van der Waals surface area (Å²) in [5.41, 5.74) is 0. The highest BCUT2D eigenvalue weighted by atomic mass is 28.3. The highest BCUT2D eigenvalue weighted by molar-refractivity contribution is 6.73. The Bertz CT molecular complexity index is 481. The summed E-state index contributed by atoms with van der Waals surface area (Å²) in [6.07, 6.45) is 1.07. The molecule has 0 aliphatic rings. The summed E-state index contributed by atoms with van der Waals surface area (Å²) >= 11 is 0. The van der Waals surface area contributed by atoms with Gasteiger partial charge in [-0.3, -0.25) is 19.2 Å². The van der Waals surface area contributed by atoms with E-state index in [0.717, 1.165) is 0 Å². The minimum Gasteiger partial charge on any atom is -0.466 e. The molecule has 0 aromatic rings. The fraction of sp³-hybridized carbons (Fsp3) is 0.800. The number of carbonyl (C=O) groups excluding carboxylic acids is 4. The molecule has 0 aliphatic carbocycles. The molecule has 0 bridgehead atoms. The summed E-state index contributed by atoms with van der Waals surface area (Å²) in [5.74, 6) is -1.10. The predicted molar refractivity (Wildman–Crippen MR) is 115 cm³/mol. The van der Waals surface area contributed by atoms with E-state index in [1.807, 2.05) is 4.57 Å². The van der Waals surface area contributed by atoms with E-state index in [4.69, 9.17) is 18.9 Å². The van der Waals surface area contributed by atoms with Gasteiger partial charge in [0.25, 0.3) is 0 Å². The lowest BCUT2D eigenvalue weighted by atomic mass is 10.2. The molecule has 0 aliphatic heterocycles. The van der Waals surface area contributed by atoms with Gasteiger partial charge in [0.05, 0.1) is 39.5 Å². The van der Waals surface area contributed by atoms with Crippen molar-refractivity contribution >= 4 is 32.1 Å². The molecule has 176 valence electrons. The van der Waals surface area contributed by atoms with Gasteiger partial charge in [0.1, 0.15) is 8.24 Å². The highest BCUT2D eigenvalue weighted by Crippen LogP contribution is 2.09. The van der Waals surface area contributed by atoms with E-state index < -0.39 is 8.24 Å². The van der Waals surface area contributed by atoms with Crippen LogP contribution in [0.25, 0.3) is 0 Å². The summed E-state index contributed by atoms with van der Waals surface area (Å²) in [6.45, 7) is 15.1. The van der Waals surface area contributed by atoms with Crippen molar-refractivity contribution in [1.29, 1.82) is 0 Å². The zero-order chi connectivity index (χ0) is 23.6. The predicted octanol–water partition coefficient (Wildman–Crippen LogP) is 2.53. The largest absolute Gasteiger partial charge is 0.466 e. The highest BCUT2D eigenvalue weighted by Gasteiger charge is 2.28. The molecule has 0 aromatic carbocycles. The Morgan fingerprint density at radius 1 is 0.600 bits per heavy atom. The second-order valence-electron chi connectivity index (χ2n) is 7.10.